The lowest BCUT2D eigenvalue weighted by Crippen LogP contribution is -2.39. The van der Waals surface area contributed by atoms with Crippen LogP contribution in [0.3, 0.4) is 0 Å². The highest BCUT2D eigenvalue weighted by Gasteiger charge is 2.39. The third-order valence-corrected chi connectivity index (χ3v) is 4.44. The molecule has 4 nitrogen and oxygen atoms in total. The van der Waals surface area contributed by atoms with E-state index >= 15 is 0 Å². The second-order valence-electron chi connectivity index (χ2n) is 5.74. The Bertz CT molecular complexity index is 240. The molecule has 0 amide bonds. The predicted molar refractivity (Wildman–Crippen MR) is 77.5 cm³/mol. The van der Waals surface area contributed by atoms with Crippen molar-refractivity contribution in [3.63, 3.8) is 0 Å². The molecule has 0 spiro atoms. The number of rotatable bonds is 10. The van der Waals surface area contributed by atoms with Crippen LogP contribution in [0.5, 0.6) is 0 Å². The van der Waals surface area contributed by atoms with Crippen molar-refractivity contribution in [3.8, 4) is 0 Å². The van der Waals surface area contributed by atoms with E-state index in [-0.39, 0.29) is 0 Å². The minimum Gasteiger partial charge on any atom is -0.380 e. The minimum atomic E-state index is 0.770. The molecule has 0 radical (unpaired) electrons. The number of nitrogens with one attached hydrogen (secondary N) is 1. The molecule has 0 saturated carbocycles. The quantitative estimate of drug-likeness (QED) is 0.610. The lowest BCUT2D eigenvalue weighted by Gasteiger charge is -2.29. The molecule has 112 valence electrons. The third-order valence-electron chi connectivity index (χ3n) is 4.44. The monoisotopic (exact) mass is 270 g/mol. The lowest BCUT2D eigenvalue weighted by molar-refractivity contribution is 0.0734. The van der Waals surface area contributed by atoms with Gasteiger partial charge in [0, 0.05) is 44.9 Å². The zero-order valence-corrected chi connectivity index (χ0v) is 12.6. The van der Waals surface area contributed by atoms with E-state index < -0.39 is 0 Å². The fourth-order valence-electron chi connectivity index (χ4n) is 3.44. The maximum absolute atomic E-state index is 5.50. The Labute approximate surface area is 117 Å². The van der Waals surface area contributed by atoms with Crippen molar-refractivity contribution in [2.45, 2.75) is 45.2 Å². The Balaban J connectivity index is 1.72. The van der Waals surface area contributed by atoms with Gasteiger partial charge in [0.2, 0.25) is 0 Å². The van der Waals surface area contributed by atoms with Crippen molar-refractivity contribution in [1.82, 2.24) is 10.2 Å². The summed E-state index contributed by atoms with van der Waals surface area (Å²) in [6, 6.07) is 1.57. The first kappa shape index (κ1) is 15.2. The molecule has 1 N–H and O–H groups in total. The summed E-state index contributed by atoms with van der Waals surface area (Å²) in [4.78, 5) is 2.53. The molecule has 3 atom stereocenters. The molecular formula is C15H30N2O2. The van der Waals surface area contributed by atoms with Gasteiger partial charge in [-0.15, -0.1) is 0 Å². The second-order valence-corrected chi connectivity index (χ2v) is 5.74. The van der Waals surface area contributed by atoms with Crippen LogP contribution in [-0.4, -0.2) is 63.0 Å². The Morgan fingerprint density at radius 3 is 2.21 bits per heavy atom. The van der Waals surface area contributed by atoms with Gasteiger partial charge in [-0.1, -0.05) is 0 Å². The zero-order chi connectivity index (χ0) is 13.5. The maximum atomic E-state index is 5.50. The number of ether oxygens (including phenoxy) is 2. The van der Waals surface area contributed by atoms with Crippen LogP contribution < -0.4 is 5.32 Å². The van der Waals surface area contributed by atoms with Crippen LogP contribution in [0.25, 0.3) is 0 Å². The highest BCUT2D eigenvalue weighted by atomic mass is 16.5. The van der Waals surface area contributed by atoms with Crippen LogP contribution in [-0.2, 0) is 9.47 Å². The van der Waals surface area contributed by atoms with Crippen molar-refractivity contribution >= 4 is 0 Å². The van der Waals surface area contributed by atoms with Crippen LogP contribution in [0, 0.1) is 5.92 Å². The largest absolute Gasteiger partial charge is 0.380 e. The molecule has 2 saturated heterocycles. The smallest absolute Gasteiger partial charge is 0.0593 e. The molecule has 3 unspecified atom stereocenters. The summed E-state index contributed by atoms with van der Waals surface area (Å²) < 4.78 is 11.0. The van der Waals surface area contributed by atoms with Crippen molar-refractivity contribution in [2.24, 2.45) is 5.92 Å². The van der Waals surface area contributed by atoms with Crippen LogP contribution in [0.4, 0.5) is 0 Å². The Hall–Kier alpha value is -0.160. The van der Waals surface area contributed by atoms with Crippen LogP contribution in [0.2, 0.25) is 0 Å². The second kappa shape index (κ2) is 8.20. The molecule has 2 aliphatic heterocycles. The molecule has 0 aromatic heterocycles. The molecule has 19 heavy (non-hydrogen) atoms. The van der Waals surface area contributed by atoms with Crippen molar-refractivity contribution in [2.75, 3.05) is 46.1 Å². The standard InChI is InChI=1S/C15H30N2O2/c1-3-18-9-7-17(8-10-19-4-2)12-13-11-14-5-6-15(13)16-14/h13-16H,3-12H2,1-2H3. The van der Waals surface area contributed by atoms with Gasteiger partial charge in [-0.2, -0.15) is 0 Å². The van der Waals surface area contributed by atoms with Gasteiger partial charge in [-0.05, 0) is 39.0 Å². The summed E-state index contributed by atoms with van der Waals surface area (Å²) >= 11 is 0. The van der Waals surface area contributed by atoms with Gasteiger partial charge >= 0.3 is 0 Å². The van der Waals surface area contributed by atoms with E-state index in [0.29, 0.717) is 0 Å². The topological polar surface area (TPSA) is 33.7 Å². The summed E-state index contributed by atoms with van der Waals surface area (Å²) in [6.45, 7) is 10.7. The van der Waals surface area contributed by atoms with Crippen LogP contribution >= 0.6 is 0 Å². The molecule has 2 fully saturated rings. The molecule has 2 bridgehead atoms. The van der Waals surface area contributed by atoms with E-state index in [0.717, 1.165) is 57.5 Å². The van der Waals surface area contributed by atoms with Gasteiger partial charge in [0.1, 0.15) is 0 Å². The highest BCUT2D eigenvalue weighted by Crippen LogP contribution is 2.33. The summed E-state index contributed by atoms with van der Waals surface area (Å²) in [7, 11) is 0. The Kier molecular flexibility index (Phi) is 6.57. The lowest BCUT2D eigenvalue weighted by atomic mass is 9.89. The van der Waals surface area contributed by atoms with Gasteiger partial charge in [0.15, 0.2) is 0 Å². The minimum absolute atomic E-state index is 0.770. The summed E-state index contributed by atoms with van der Waals surface area (Å²) in [6.07, 6.45) is 4.13. The summed E-state index contributed by atoms with van der Waals surface area (Å²) in [5, 5.41) is 3.73. The molecule has 2 aliphatic rings. The molecular weight excluding hydrogens is 240 g/mol. The van der Waals surface area contributed by atoms with Gasteiger partial charge in [0.25, 0.3) is 0 Å². The maximum Gasteiger partial charge on any atom is 0.0593 e. The SMILES string of the molecule is CCOCCN(CCOCC)CC1CC2CCC1N2. The van der Waals surface area contributed by atoms with E-state index in [4.69, 9.17) is 9.47 Å². The average Bonchev–Trinajstić information content (AvgIpc) is 3.01. The third kappa shape index (κ3) is 4.71. The first-order valence-corrected chi connectivity index (χ1v) is 7.97. The van der Waals surface area contributed by atoms with E-state index in [1.165, 1.54) is 25.8 Å². The van der Waals surface area contributed by atoms with Crippen molar-refractivity contribution in [1.29, 1.82) is 0 Å². The average molecular weight is 270 g/mol. The van der Waals surface area contributed by atoms with E-state index in [1.54, 1.807) is 0 Å². The number of fused-ring (bicyclic) bond motifs is 2. The Morgan fingerprint density at radius 2 is 1.74 bits per heavy atom. The van der Waals surface area contributed by atoms with Gasteiger partial charge < -0.3 is 14.8 Å². The van der Waals surface area contributed by atoms with Gasteiger partial charge in [-0.25, -0.2) is 0 Å². The predicted octanol–water partition coefficient (Wildman–Crippen LogP) is 1.50. The first-order valence-electron chi connectivity index (χ1n) is 7.97. The molecule has 0 aliphatic carbocycles. The molecule has 0 aromatic rings. The van der Waals surface area contributed by atoms with Crippen LogP contribution in [0.1, 0.15) is 33.1 Å². The molecule has 0 aromatic carbocycles. The molecule has 2 heterocycles. The van der Waals surface area contributed by atoms with Gasteiger partial charge in [0.05, 0.1) is 13.2 Å². The molecule has 4 heteroatoms. The fraction of sp³-hybridized carbons (Fsp3) is 1.00. The number of hydrogen-bond donors (Lipinski definition) is 1. The van der Waals surface area contributed by atoms with E-state index in [2.05, 4.69) is 24.1 Å². The number of hydrogen-bond acceptors (Lipinski definition) is 4. The van der Waals surface area contributed by atoms with Gasteiger partial charge in [-0.3, -0.25) is 4.90 Å². The number of nitrogens with zero attached hydrogens (tertiary/aromatic N) is 1. The van der Waals surface area contributed by atoms with Crippen molar-refractivity contribution < 1.29 is 9.47 Å². The van der Waals surface area contributed by atoms with Crippen molar-refractivity contribution in [3.05, 3.63) is 0 Å². The highest BCUT2D eigenvalue weighted by molar-refractivity contribution is 4.98. The van der Waals surface area contributed by atoms with E-state index in [9.17, 15) is 0 Å². The summed E-state index contributed by atoms with van der Waals surface area (Å²) in [5.41, 5.74) is 0. The fourth-order valence-corrected chi connectivity index (χ4v) is 3.44. The molecule has 2 rings (SSSR count). The first-order chi connectivity index (χ1) is 9.33. The van der Waals surface area contributed by atoms with E-state index in [1.807, 2.05) is 0 Å². The Morgan fingerprint density at radius 1 is 1.05 bits per heavy atom. The summed E-state index contributed by atoms with van der Waals surface area (Å²) in [5.74, 6) is 0.835. The zero-order valence-electron chi connectivity index (χ0n) is 12.6. The van der Waals surface area contributed by atoms with Crippen LogP contribution in [0.15, 0.2) is 0 Å². The normalized spacial score (nSPS) is 29.5.